The molecule has 0 radical (unpaired) electrons. The molecule has 33 heavy (non-hydrogen) atoms. The zero-order chi connectivity index (χ0) is 22.6. The van der Waals surface area contributed by atoms with Gasteiger partial charge in [0.2, 0.25) is 0 Å². The highest BCUT2D eigenvalue weighted by atomic mass is 32.2. The van der Waals surface area contributed by atoms with Gasteiger partial charge in [0.15, 0.2) is 11.0 Å². The van der Waals surface area contributed by atoms with Gasteiger partial charge in [0, 0.05) is 6.54 Å². The Morgan fingerprint density at radius 2 is 2.03 bits per heavy atom. The predicted molar refractivity (Wildman–Crippen MR) is 130 cm³/mol. The third-order valence-corrected chi connectivity index (χ3v) is 6.09. The van der Waals surface area contributed by atoms with Crippen molar-refractivity contribution in [2.24, 2.45) is 15.1 Å². The SMILES string of the molecule is COc1ccc(/C=N/NC(=O)CSC2=Nc3c(cnn3-c3ccccc3)C3=NCCN23)cc1. The van der Waals surface area contributed by atoms with E-state index < -0.39 is 0 Å². The Morgan fingerprint density at radius 1 is 1.21 bits per heavy atom. The van der Waals surface area contributed by atoms with Gasteiger partial charge in [-0.2, -0.15) is 10.2 Å². The number of para-hydroxylation sites is 1. The summed E-state index contributed by atoms with van der Waals surface area (Å²) in [6.07, 6.45) is 3.39. The molecule has 2 aliphatic rings. The fraction of sp³-hybridized carbons (Fsp3) is 0.174. The van der Waals surface area contributed by atoms with Crippen molar-refractivity contribution in [1.29, 1.82) is 0 Å². The van der Waals surface area contributed by atoms with Crippen molar-refractivity contribution in [3.8, 4) is 11.4 Å². The molecule has 0 saturated heterocycles. The van der Waals surface area contributed by atoms with Crippen LogP contribution in [-0.4, -0.2) is 63.8 Å². The number of carbonyl (C=O) groups is 1. The highest BCUT2D eigenvalue weighted by Crippen LogP contribution is 2.33. The van der Waals surface area contributed by atoms with Crippen LogP contribution in [0.5, 0.6) is 5.75 Å². The number of thioether (sulfide) groups is 1. The van der Waals surface area contributed by atoms with Crippen LogP contribution < -0.4 is 10.2 Å². The van der Waals surface area contributed by atoms with E-state index in [1.165, 1.54) is 11.8 Å². The molecule has 10 heteroatoms. The van der Waals surface area contributed by atoms with E-state index in [1.807, 2.05) is 59.5 Å². The molecule has 1 aromatic heterocycles. The molecule has 0 atom stereocenters. The standard InChI is InChI=1S/C23H21N7O2S/c1-32-18-9-7-16(8-10-18)13-25-28-20(31)15-33-23-27-22-19(21-24-11-12-29(21)23)14-26-30(22)17-5-3-2-4-6-17/h2-10,13-14H,11-12,15H2,1H3,(H,28,31)/b25-13+. The minimum atomic E-state index is -0.215. The molecule has 0 fully saturated rings. The molecular formula is C23H21N7O2S. The van der Waals surface area contributed by atoms with Crippen molar-refractivity contribution in [3.63, 3.8) is 0 Å². The molecule has 0 spiro atoms. The largest absolute Gasteiger partial charge is 0.497 e. The number of carbonyl (C=O) groups excluding carboxylic acids is 1. The minimum Gasteiger partial charge on any atom is -0.497 e. The van der Waals surface area contributed by atoms with Crippen LogP contribution in [0.3, 0.4) is 0 Å². The number of ether oxygens (including phenoxy) is 1. The number of methoxy groups -OCH3 is 1. The average Bonchev–Trinajstić information content (AvgIpc) is 3.51. The summed E-state index contributed by atoms with van der Waals surface area (Å²) in [6, 6.07) is 17.2. The Morgan fingerprint density at radius 3 is 2.82 bits per heavy atom. The van der Waals surface area contributed by atoms with Gasteiger partial charge in [0.25, 0.3) is 5.91 Å². The van der Waals surface area contributed by atoms with E-state index in [2.05, 4.69) is 20.6 Å². The summed E-state index contributed by atoms with van der Waals surface area (Å²) in [5.41, 5.74) is 5.25. The normalized spacial score (nSPS) is 14.5. The molecule has 3 aromatic rings. The molecule has 166 valence electrons. The Balaban J connectivity index is 1.27. The number of aromatic nitrogens is 2. The first-order valence-corrected chi connectivity index (χ1v) is 11.3. The Labute approximate surface area is 194 Å². The average molecular weight is 460 g/mol. The van der Waals surface area contributed by atoms with Gasteiger partial charge in [-0.3, -0.25) is 9.79 Å². The third-order valence-electron chi connectivity index (χ3n) is 5.11. The number of benzene rings is 2. The van der Waals surface area contributed by atoms with Crippen LogP contribution >= 0.6 is 11.8 Å². The summed E-state index contributed by atoms with van der Waals surface area (Å²) in [7, 11) is 1.62. The van der Waals surface area contributed by atoms with Gasteiger partial charge in [0.05, 0.1) is 43.1 Å². The fourth-order valence-electron chi connectivity index (χ4n) is 3.52. The number of amides is 1. The number of nitrogens with one attached hydrogen (secondary N) is 1. The van der Waals surface area contributed by atoms with Gasteiger partial charge in [-0.05, 0) is 42.0 Å². The van der Waals surface area contributed by atoms with E-state index in [1.54, 1.807) is 24.2 Å². The number of aliphatic imine (C=N–C) groups is 2. The van der Waals surface area contributed by atoms with Gasteiger partial charge in [-0.25, -0.2) is 15.1 Å². The molecule has 0 saturated carbocycles. The van der Waals surface area contributed by atoms with Crippen LogP contribution in [0.2, 0.25) is 0 Å². The zero-order valence-electron chi connectivity index (χ0n) is 17.9. The molecule has 1 N–H and O–H groups in total. The lowest BCUT2D eigenvalue weighted by Gasteiger charge is -2.25. The van der Waals surface area contributed by atoms with Gasteiger partial charge in [-0.1, -0.05) is 30.0 Å². The van der Waals surface area contributed by atoms with Crippen LogP contribution in [0, 0.1) is 0 Å². The molecule has 0 aliphatic carbocycles. The van der Waals surface area contributed by atoms with Crippen molar-refractivity contribution >= 4 is 40.7 Å². The van der Waals surface area contributed by atoms with Crippen LogP contribution in [-0.2, 0) is 4.79 Å². The number of nitrogens with zero attached hydrogens (tertiary/aromatic N) is 6. The first-order chi connectivity index (χ1) is 16.2. The van der Waals surface area contributed by atoms with Gasteiger partial charge in [-0.15, -0.1) is 0 Å². The maximum Gasteiger partial charge on any atom is 0.250 e. The molecule has 0 unspecified atom stereocenters. The number of hydrogen-bond donors (Lipinski definition) is 1. The lowest BCUT2D eigenvalue weighted by molar-refractivity contribution is -0.118. The third kappa shape index (κ3) is 4.37. The fourth-order valence-corrected chi connectivity index (χ4v) is 4.33. The molecule has 5 rings (SSSR count). The van der Waals surface area contributed by atoms with E-state index in [9.17, 15) is 4.79 Å². The van der Waals surface area contributed by atoms with Crippen molar-refractivity contribution in [3.05, 3.63) is 71.9 Å². The lowest BCUT2D eigenvalue weighted by atomic mass is 10.2. The number of hydrogen-bond acceptors (Lipinski definition) is 8. The molecule has 2 aliphatic heterocycles. The second-order valence-electron chi connectivity index (χ2n) is 7.24. The second-order valence-corrected chi connectivity index (χ2v) is 8.18. The predicted octanol–water partition coefficient (Wildman–Crippen LogP) is 2.83. The molecule has 0 bridgehead atoms. The van der Waals surface area contributed by atoms with Crippen LogP contribution in [0.15, 0.2) is 75.9 Å². The van der Waals surface area contributed by atoms with E-state index >= 15 is 0 Å². The summed E-state index contributed by atoms with van der Waals surface area (Å²) in [5, 5.41) is 9.29. The molecular weight excluding hydrogens is 438 g/mol. The Bertz CT molecular complexity index is 1250. The van der Waals surface area contributed by atoms with Crippen molar-refractivity contribution in [1.82, 2.24) is 20.1 Å². The smallest absolute Gasteiger partial charge is 0.250 e. The summed E-state index contributed by atoms with van der Waals surface area (Å²) in [6.45, 7) is 1.41. The lowest BCUT2D eigenvalue weighted by Crippen LogP contribution is -2.36. The summed E-state index contributed by atoms with van der Waals surface area (Å²) in [5.74, 6) is 2.30. The van der Waals surface area contributed by atoms with Crippen LogP contribution in [0.4, 0.5) is 5.82 Å². The van der Waals surface area contributed by atoms with E-state index in [-0.39, 0.29) is 11.7 Å². The maximum atomic E-state index is 12.4. The zero-order valence-corrected chi connectivity index (χ0v) is 18.7. The van der Waals surface area contributed by atoms with Crippen molar-refractivity contribution < 1.29 is 9.53 Å². The monoisotopic (exact) mass is 459 g/mol. The number of fused-ring (bicyclic) bond motifs is 3. The summed E-state index contributed by atoms with van der Waals surface area (Å²) < 4.78 is 6.93. The first-order valence-electron chi connectivity index (χ1n) is 10.4. The first kappa shape index (κ1) is 21.0. The van der Waals surface area contributed by atoms with Gasteiger partial charge < -0.3 is 9.64 Å². The second kappa shape index (κ2) is 9.29. The molecule has 9 nitrogen and oxygen atoms in total. The van der Waals surface area contributed by atoms with Gasteiger partial charge in [0.1, 0.15) is 11.6 Å². The highest BCUT2D eigenvalue weighted by Gasteiger charge is 2.32. The van der Waals surface area contributed by atoms with Gasteiger partial charge >= 0.3 is 0 Å². The minimum absolute atomic E-state index is 0.178. The van der Waals surface area contributed by atoms with Crippen LogP contribution in [0.1, 0.15) is 11.1 Å². The number of hydrazone groups is 1. The van der Waals surface area contributed by atoms with Crippen molar-refractivity contribution in [2.45, 2.75) is 0 Å². The quantitative estimate of drug-likeness (QED) is 0.452. The van der Waals surface area contributed by atoms with E-state index in [4.69, 9.17) is 9.73 Å². The van der Waals surface area contributed by atoms with E-state index in [0.29, 0.717) is 6.54 Å². The Hall–Kier alpha value is -3.92. The maximum absolute atomic E-state index is 12.4. The summed E-state index contributed by atoms with van der Waals surface area (Å²) in [4.78, 5) is 23.9. The molecule has 3 heterocycles. The summed E-state index contributed by atoms with van der Waals surface area (Å²) >= 11 is 1.36. The number of amidine groups is 2. The highest BCUT2D eigenvalue weighted by molar-refractivity contribution is 8.14. The molecule has 1 amide bonds. The van der Waals surface area contributed by atoms with Crippen molar-refractivity contribution in [2.75, 3.05) is 26.0 Å². The molecule has 2 aromatic carbocycles. The number of rotatable bonds is 6. The Kier molecular flexibility index (Phi) is 5.90. The van der Waals surface area contributed by atoms with E-state index in [0.717, 1.165) is 45.9 Å². The van der Waals surface area contributed by atoms with Crippen LogP contribution in [0.25, 0.3) is 5.69 Å². The topological polar surface area (TPSA) is 96.5 Å².